The molecule has 1 amide bonds. The summed E-state index contributed by atoms with van der Waals surface area (Å²) in [7, 11) is 0. The first-order chi connectivity index (χ1) is 14.2. The zero-order valence-electron chi connectivity index (χ0n) is 15.8. The topological polar surface area (TPSA) is 80.0 Å². The van der Waals surface area contributed by atoms with Crippen LogP contribution in [-0.2, 0) is 13.1 Å². The highest BCUT2D eigenvalue weighted by molar-refractivity contribution is 5.92. The maximum absolute atomic E-state index is 13.0. The number of fused-ring (bicyclic) bond motifs is 1. The molecular formula is C20H20FN7O. The van der Waals surface area contributed by atoms with Crippen LogP contribution >= 0.6 is 0 Å². The number of hydrogen-bond donors (Lipinski definition) is 0. The molecule has 0 N–H and O–H groups in total. The van der Waals surface area contributed by atoms with Crippen molar-refractivity contribution in [1.29, 1.82) is 0 Å². The molecule has 5 heterocycles. The molecule has 0 bridgehead atoms. The third-order valence-electron chi connectivity index (χ3n) is 5.60. The van der Waals surface area contributed by atoms with Crippen LogP contribution in [-0.4, -0.2) is 48.6 Å². The molecule has 0 atom stereocenters. The minimum Gasteiger partial charge on any atom is -0.345 e. The third kappa shape index (κ3) is 3.32. The number of carbonyl (C=O) groups excluding carboxylic acids is 1. The molecule has 2 aliphatic rings. The van der Waals surface area contributed by atoms with Crippen molar-refractivity contribution in [3.05, 3.63) is 65.9 Å². The Morgan fingerprint density at radius 2 is 1.90 bits per heavy atom. The van der Waals surface area contributed by atoms with Gasteiger partial charge in [-0.2, -0.15) is 5.10 Å². The smallest absolute Gasteiger partial charge is 0.272 e. The van der Waals surface area contributed by atoms with E-state index in [1.807, 2.05) is 6.20 Å². The van der Waals surface area contributed by atoms with Gasteiger partial charge in [0.25, 0.3) is 5.91 Å². The van der Waals surface area contributed by atoms with E-state index in [2.05, 4.69) is 29.6 Å². The summed E-state index contributed by atoms with van der Waals surface area (Å²) >= 11 is 0. The van der Waals surface area contributed by atoms with E-state index in [0.717, 1.165) is 37.9 Å². The Kier molecular flexibility index (Phi) is 4.42. The number of carbonyl (C=O) groups is 1. The number of nitrogens with zero attached hydrogens (tertiary/aromatic N) is 7. The summed E-state index contributed by atoms with van der Waals surface area (Å²) < 4.78 is 15.2. The summed E-state index contributed by atoms with van der Waals surface area (Å²) in [5.41, 5.74) is 2.70. The van der Waals surface area contributed by atoms with E-state index in [4.69, 9.17) is 0 Å². The molecule has 0 saturated carbocycles. The number of aromatic nitrogens is 5. The van der Waals surface area contributed by atoms with Gasteiger partial charge in [0.1, 0.15) is 17.3 Å². The van der Waals surface area contributed by atoms with Gasteiger partial charge in [0.2, 0.25) is 0 Å². The van der Waals surface area contributed by atoms with Crippen LogP contribution in [0.25, 0.3) is 0 Å². The van der Waals surface area contributed by atoms with Gasteiger partial charge < -0.3 is 9.80 Å². The fourth-order valence-electron chi connectivity index (χ4n) is 4.08. The Labute approximate surface area is 167 Å². The number of rotatable bonds is 3. The van der Waals surface area contributed by atoms with Crippen LogP contribution in [0.2, 0.25) is 0 Å². The SMILES string of the molecule is O=C(c1ccc(F)cn1)N1CCC(n2ncc3c2CN(c2cnccn2)C3)CC1. The first-order valence-corrected chi connectivity index (χ1v) is 9.66. The third-order valence-corrected chi connectivity index (χ3v) is 5.60. The highest BCUT2D eigenvalue weighted by Crippen LogP contribution is 2.31. The molecule has 5 rings (SSSR count). The second-order valence-corrected chi connectivity index (χ2v) is 7.37. The fourth-order valence-corrected chi connectivity index (χ4v) is 4.08. The Bertz CT molecular complexity index is 1010. The van der Waals surface area contributed by atoms with Crippen LogP contribution in [0, 0.1) is 5.82 Å². The van der Waals surface area contributed by atoms with Crippen molar-refractivity contribution in [2.75, 3.05) is 18.0 Å². The van der Waals surface area contributed by atoms with Gasteiger partial charge in [-0.25, -0.2) is 14.4 Å². The van der Waals surface area contributed by atoms with Crippen molar-refractivity contribution >= 4 is 11.7 Å². The molecule has 1 saturated heterocycles. The molecule has 2 aliphatic heterocycles. The molecule has 0 unspecified atom stereocenters. The number of piperidine rings is 1. The van der Waals surface area contributed by atoms with Crippen LogP contribution in [0.1, 0.15) is 40.6 Å². The lowest BCUT2D eigenvalue weighted by Gasteiger charge is -2.32. The van der Waals surface area contributed by atoms with E-state index >= 15 is 0 Å². The summed E-state index contributed by atoms with van der Waals surface area (Å²) in [6.07, 6.45) is 9.81. The number of amides is 1. The van der Waals surface area contributed by atoms with E-state index < -0.39 is 5.82 Å². The van der Waals surface area contributed by atoms with Gasteiger partial charge in [-0.05, 0) is 25.0 Å². The number of pyridine rings is 1. The van der Waals surface area contributed by atoms with E-state index in [1.54, 1.807) is 23.5 Å². The maximum atomic E-state index is 13.0. The quantitative estimate of drug-likeness (QED) is 0.679. The van der Waals surface area contributed by atoms with Crippen LogP contribution in [0.4, 0.5) is 10.2 Å². The van der Waals surface area contributed by atoms with E-state index in [0.29, 0.717) is 13.1 Å². The standard InChI is InChI=1S/C20H20FN7O/c21-15-1-2-17(24-10-15)20(29)26-7-3-16(4-8-26)28-18-13-27(12-14(18)9-25-28)19-11-22-5-6-23-19/h1-2,5-6,9-11,16H,3-4,7-8,12-13H2. The predicted octanol–water partition coefficient (Wildman–Crippen LogP) is 2.20. The zero-order chi connectivity index (χ0) is 19.8. The van der Waals surface area contributed by atoms with Crippen LogP contribution in [0.15, 0.2) is 43.1 Å². The van der Waals surface area contributed by atoms with Crippen molar-refractivity contribution in [3.8, 4) is 0 Å². The average Bonchev–Trinajstić information content (AvgIpc) is 3.36. The summed E-state index contributed by atoms with van der Waals surface area (Å²) in [4.78, 5) is 29.0. The van der Waals surface area contributed by atoms with Gasteiger partial charge >= 0.3 is 0 Å². The van der Waals surface area contributed by atoms with E-state index in [1.165, 1.54) is 23.4 Å². The van der Waals surface area contributed by atoms with Gasteiger partial charge in [-0.3, -0.25) is 14.5 Å². The molecule has 0 radical (unpaired) electrons. The van der Waals surface area contributed by atoms with E-state index in [-0.39, 0.29) is 17.6 Å². The second-order valence-electron chi connectivity index (χ2n) is 7.37. The summed E-state index contributed by atoms with van der Waals surface area (Å²) in [5.74, 6) is 0.272. The van der Waals surface area contributed by atoms with Crippen LogP contribution in [0.3, 0.4) is 0 Å². The monoisotopic (exact) mass is 393 g/mol. The molecule has 148 valence electrons. The first-order valence-electron chi connectivity index (χ1n) is 9.66. The summed E-state index contributed by atoms with van der Waals surface area (Å²) in [5, 5.41) is 4.62. The van der Waals surface area contributed by atoms with Gasteiger partial charge in [0, 0.05) is 37.6 Å². The predicted molar refractivity (Wildman–Crippen MR) is 103 cm³/mol. The largest absolute Gasteiger partial charge is 0.345 e. The van der Waals surface area contributed by atoms with Crippen molar-refractivity contribution in [3.63, 3.8) is 0 Å². The Morgan fingerprint density at radius 3 is 2.62 bits per heavy atom. The lowest BCUT2D eigenvalue weighted by Crippen LogP contribution is -2.39. The van der Waals surface area contributed by atoms with Gasteiger partial charge in [-0.15, -0.1) is 0 Å². The van der Waals surface area contributed by atoms with Gasteiger partial charge in [-0.1, -0.05) is 0 Å². The van der Waals surface area contributed by atoms with Crippen molar-refractivity contribution < 1.29 is 9.18 Å². The fraction of sp³-hybridized carbons (Fsp3) is 0.350. The molecule has 9 heteroatoms. The van der Waals surface area contributed by atoms with Crippen LogP contribution in [0.5, 0.6) is 0 Å². The molecule has 0 aromatic carbocycles. The number of likely N-dealkylation sites (tertiary alicyclic amines) is 1. The molecule has 8 nitrogen and oxygen atoms in total. The molecule has 0 spiro atoms. The van der Waals surface area contributed by atoms with Crippen molar-refractivity contribution in [2.45, 2.75) is 32.0 Å². The number of anilines is 1. The molecule has 0 aliphatic carbocycles. The van der Waals surface area contributed by atoms with Crippen LogP contribution < -0.4 is 4.90 Å². The highest BCUT2D eigenvalue weighted by atomic mass is 19.1. The maximum Gasteiger partial charge on any atom is 0.272 e. The Morgan fingerprint density at radius 1 is 1.03 bits per heavy atom. The Balaban J connectivity index is 1.25. The van der Waals surface area contributed by atoms with Gasteiger partial charge in [0.15, 0.2) is 0 Å². The number of hydrogen-bond acceptors (Lipinski definition) is 6. The zero-order valence-corrected chi connectivity index (χ0v) is 15.8. The Hall–Kier alpha value is -3.36. The molecule has 3 aromatic heterocycles. The molecule has 29 heavy (non-hydrogen) atoms. The molecule has 1 fully saturated rings. The minimum atomic E-state index is -0.441. The summed E-state index contributed by atoms with van der Waals surface area (Å²) in [6, 6.07) is 2.96. The molecule has 3 aromatic rings. The highest BCUT2D eigenvalue weighted by Gasteiger charge is 2.31. The van der Waals surface area contributed by atoms with Crippen molar-refractivity contribution in [2.24, 2.45) is 0 Å². The van der Waals surface area contributed by atoms with Crippen molar-refractivity contribution in [1.82, 2.24) is 29.6 Å². The summed E-state index contributed by atoms with van der Waals surface area (Å²) in [6.45, 7) is 2.80. The van der Waals surface area contributed by atoms with E-state index in [9.17, 15) is 9.18 Å². The normalized spacial score (nSPS) is 16.9. The molecular weight excluding hydrogens is 373 g/mol. The average molecular weight is 393 g/mol. The second kappa shape index (κ2) is 7.23. The number of halogens is 1. The first kappa shape index (κ1) is 17.7. The van der Waals surface area contributed by atoms with Gasteiger partial charge in [0.05, 0.1) is 36.9 Å². The lowest BCUT2D eigenvalue weighted by molar-refractivity contribution is 0.0683. The minimum absolute atomic E-state index is 0.150. The lowest BCUT2D eigenvalue weighted by atomic mass is 10.0.